The zero-order chi connectivity index (χ0) is 11.1. The lowest BCUT2D eigenvalue weighted by Gasteiger charge is -2.09. The van der Waals surface area contributed by atoms with Crippen molar-refractivity contribution in [1.29, 1.82) is 0 Å². The fourth-order valence-electron chi connectivity index (χ4n) is 0.657. The van der Waals surface area contributed by atoms with Gasteiger partial charge in [-0.3, -0.25) is 4.79 Å². The molecular weight excluding hydrogens is 186 g/mol. The molecule has 14 heavy (non-hydrogen) atoms. The summed E-state index contributed by atoms with van der Waals surface area (Å²) in [4.78, 5) is 21.3. The van der Waals surface area contributed by atoms with Gasteiger partial charge in [0.15, 0.2) is 0 Å². The van der Waals surface area contributed by atoms with Gasteiger partial charge in [-0.1, -0.05) is 13.5 Å². The normalized spacial score (nSPS) is 11.9. The standard InChI is InChI=1S/C9H15NO4/c1-3-7(10)5-14-9(13)6(2)4-8(11)12/h7H,2-5,10H2,1H3,(H,11,12). The molecule has 0 aromatic rings. The minimum atomic E-state index is -1.10. The summed E-state index contributed by atoms with van der Waals surface area (Å²) in [7, 11) is 0. The lowest BCUT2D eigenvalue weighted by Crippen LogP contribution is -2.27. The van der Waals surface area contributed by atoms with Crippen LogP contribution in [0.25, 0.3) is 0 Å². The number of aliphatic carboxylic acids is 1. The van der Waals surface area contributed by atoms with Crippen LogP contribution in [0.15, 0.2) is 12.2 Å². The fourth-order valence-corrected chi connectivity index (χ4v) is 0.657. The number of hydrogen-bond acceptors (Lipinski definition) is 4. The third-order valence-electron chi connectivity index (χ3n) is 1.61. The molecule has 0 aliphatic carbocycles. The van der Waals surface area contributed by atoms with Crippen molar-refractivity contribution in [3.05, 3.63) is 12.2 Å². The second-order valence-corrected chi connectivity index (χ2v) is 2.94. The predicted molar refractivity (Wildman–Crippen MR) is 50.6 cm³/mol. The molecule has 3 N–H and O–H groups in total. The van der Waals surface area contributed by atoms with Crippen molar-refractivity contribution in [2.75, 3.05) is 6.61 Å². The summed E-state index contributed by atoms with van der Waals surface area (Å²) in [6.45, 7) is 5.26. The summed E-state index contributed by atoms with van der Waals surface area (Å²) in [6.07, 6.45) is 0.291. The molecule has 5 heteroatoms. The first-order chi connectivity index (χ1) is 6.47. The summed E-state index contributed by atoms with van der Waals surface area (Å²) < 4.78 is 4.73. The summed E-state index contributed by atoms with van der Waals surface area (Å²) in [5.74, 6) is -1.80. The van der Waals surface area contributed by atoms with Crippen LogP contribution in [0.3, 0.4) is 0 Å². The van der Waals surface area contributed by atoms with Gasteiger partial charge in [0.2, 0.25) is 0 Å². The second kappa shape index (κ2) is 6.15. The number of carbonyl (C=O) groups is 2. The molecule has 1 atom stereocenters. The number of carboxylic acid groups (broad SMARTS) is 1. The minimum Gasteiger partial charge on any atom is -0.481 e. The maximum Gasteiger partial charge on any atom is 0.334 e. The smallest absolute Gasteiger partial charge is 0.334 e. The zero-order valence-corrected chi connectivity index (χ0v) is 8.16. The average Bonchev–Trinajstić information content (AvgIpc) is 2.12. The predicted octanol–water partition coefficient (Wildman–Crippen LogP) is 0.298. The van der Waals surface area contributed by atoms with E-state index in [9.17, 15) is 9.59 Å². The first-order valence-corrected chi connectivity index (χ1v) is 4.29. The van der Waals surface area contributed by atoms with Gasteiger partial charge < -0.3 is 15.6 Å². The lowest BCUT2D eigenvalue weighted by atomic mass is 10.2. The molecule has 0 bridgehead atoms. The van der Waals surface area contributed by atoms with E-state index in [4.69, 9.17) is 15.6 Å². The van der Waals surface area contributed by atoms with Gasteiger partial charge in [0.25, 0.3) is 0 Å². The first kappa shape index (κ1) is 12.6. The molecule has 0 fully saturated rings. The molecule has 5 nitrogen and oxygen atoms in total. The highest BCUT2D eigenvalue weighted by atomic mass is 16.5. The molecule has 0 aromatic heterocycles. The molecule has 0 saturated carbocycles. The van der Waals surface area contributed by atoms with Gasteiger partial charge in [-0.2, -0.15) is 0 Å². The molecule has 0 amide bonds. The Morgan fingerprint density at radius 3 is 2.57 bits per heavy atom. The quantitative estimate of drug-likeness (QED) is 0.476. The van der Waals surface area contributed by atoms with Gasteiger partial charge in [0.1, 0.15) is 6.61 Å². The molecule has 0 aliphatic rings. The van der Waals surface area contributed by atoms with Crippen molar-refractivity contribution in [1.82, 2.24) is 0 Å². The van der Waals surface area contributed by atoms with Gasteiger partial charge in [-0.05, 0) is 6.42 Å². The lowest BCUT2D eigenvalue weighted by molar-refractivity contribution is -0.143. The molecule has 0 saturated heterocycles. The molecule has 0 radical (unpaired) electrons. The summed E-state index contributed by atoms with van der Waals surface area (Å²) in [6, 6.07) is -0.212. The number of esters is 1. The number of carbonyl (C=O) groups excluding carboxylic acids is 1. The van der Waals surface area contributed by atoms with E-state index < -0.39 is 18.4 Å². The first-order valence-electron chi connectivity index (χ1n) is 4.29. The van der Waals surface area contributed by atoms with Crippen LogP contribution in [0.4, 0.5) is 0 Å². The third kappa shape index (κ3) is 5.31. The Kier molecular flexibility index (Phi) is 5.55. The topological polar surface area (TPSA) is 89.6 Å². The fraction of sp³-hybridized carbons (Fsp3) is 0.556. The van der Waals surface area contributed by atoms with E-state index >= 15 is 0 Å². The number of hydrogen-bond donors (Lipinski definition) is 2. The highest BCUT2D eigenvalue weighted by molar-refractivity contribution is 5.92. The number of nitrogens with two attached hydrogens (primary N) is 1. The highest BCUT2D eigenvalue weighted by Crippen LogP contribution is 2.01. The van der Waals surface area contributed by atoms with Gasteiger partial charge in [-0.15, -0.1) is 0 Å². The molecule has 0 heterocycles. The van der Waals surface area contributed by atoms with Crippen molar-refractivity contribution in [2.45, 2.75) is 25.8 Å². The molecule has 0 aromatic carbocycles. The van der Waals surface area contributed by atoms with Crippen molar-refractivity contribution in [3.8, 4) is 0 Å². The number of carboxylic acids is 1. The van der Waals surface area contributed by atoms with Crippen LogP contribution >= 0.6 is 0 Å². The maximum atomic E-state index is 11.1. The van der Waals surface area contributed by atoms with Crippen molar-refractivity contribution in [2.24, 2.45) is 5.73 Å². The van der Waals surface area contributed by atoms with E-state index in [-0.39, 0.29) is 18.2 Å². The second-order valence-electron chi connectivity index (χ2n) is 2.94. The summed E-state index contributed by atoms with van der Waals surface area (Å²) in [5.41, 5.74) is 5.43. The zero-order valence-electron chi connectivity index (χ0n) is 8.16. The Morgan fingerprint density at radius 1 is 1.57 bits per heavy atom. The van der Waals surface area contributed by atoms with Crippen LogP contribution in [0.5, 0.6) is 0 Å². The summed E-state index contributed by atoms with van der Waals surface area (Å²) in [5, 5.41) is 8.36. The van der Waals surface area contributed by atoms with E-state index in [1.807, 2.05) is 6.92 Å². The van der Waals surface area contributed by atoms with Crippen LogP contribution in [0, 0.1) is 0 Å². The molecule has 0 rings (SSSR count). The Hall–Kier alpha value is -1.36. The Morgan fingerprint density at radius 2 is 2.14 bits per heavy atom. The van der Waals surface area contributed by atoms with Gasteiger partial charge in [0.05, 0.1) is 6.42 Å². The highest BCUT2D eigenvalue weighted by Gasteiger charge is 2.13. The maximum absolute atomic E-state index is 11.1. The third-order valence-corrected chi connectivity index (χ3v) is 1.61. The Balaban J connectivity index is 3.85. The molecule has 80 valence electrons. The monoisotopic (exact) mass is 201 g/mol. The SMILES string of the molecule is C=C(CC(=O)O)C(=O)OCC(N)CC. The van der Waals surface area contributed by atoms with E-state index in [0.29, 0.717) is 6.42 Å². The largest absolute Gasteiger partial charge is 0.481 e. The molecule has 0 spiro atoms. The van der Waals surface area contributed by atoms with Crippen molar-refractivity contribution in [3.63, 3.8) is 0 Å². The number of ether oxygens (including phenoxy) is 1. The van der Waals surface area contributed by atoms with Crippen molar-refractivity contribution >= 4 is 11.9 Å². The minimum absolute atomic E-state index is 0.0687. The molecule has 0 aliphatic heterocycles. The van der Waals surface area contributed by atoms with E-state index in [1.165, 1.54) is 0 Å². The van der Waals surface area contributed by atoms with E-state index in [1.54, 1.807) is 0 Å². The van der Waals surface area contributed by atoms with Crippen LogP contribution < -0.4 is 5.73 Å². The van der Waals surface area contributed by atoms with Crippen molar-refractivity contribution < 1.29 is 19.4 Å². The van der Waals surface area contributed by atoms with Gasteiger partial charge in [-0.25, -0.2) is 4.79 Å². The van der Waals surface area contributed by atoms with Crippen LogP contribution in [-0.2, 0) is 14.3 Å². The van der Waals surface area contributed by atoms with Crippen LogP contribution in [0.2, 0.25) is 0 Å². The Bertz CT molecular complexity index is 237. The van der Waals surface area contributed by atoms with E-state index in [2.05, 4.69) is 6.58 Å². The average molecular weight is 201 g/mol. The summed E-state index contributed by atoms with van der Waals surface area (Å²) >= 11 is 0. The van der Waals surface area contributed by atoms with Crippen LogP contribution in [-0.4, -0.2) is 29.7 Å². The Labute approximate surface area is 82.5 Å². The molecule has 1 unspecified atom stereocenters. The van der Waals surface area contributed by atoms with Gasteiger partial charge in [0, 0.05) is 11.6 Å². The number of rotatable bonds is 6. The van der Waals surface area contributed by atoms with E-state index in [0.717, 1.165) is 0 Å². The van der Waals surface area contributed by atoms with Gasteiger partial charge >= 0.3 is 11.9 Å². The molecular formula is C9H15NO4. The van der Waals surface area contributed by atoms with Crippen LogP contribution in [0.1, 0.15) is 19.8 Å².